The first-order valence-corrected chi connectivity index (χ1v) is 7.78. The second kappa shape index (κ2) is 6.26. The lowest BCUT2D eigenvalue weighted by atomic mass is 10.2. The highest BCUT2D eigenvalue weighted by Crippen LogP contribution is 2.23. The van der Waals surface area contributed by atoms with Gasteiger partial charge >= 0.3 is 5.97 Å². The molecule has 0 radical (unpaired) electrons. The van der Waals surface area contributed by atoms with Gasteiger partial charge in [0.1, 0.15) is 0 Å². The van der Waals surface area contributed by atoms with Crippen LogP contribution >= 0.6 is 23.1 Å². The van der Waals surface area contributed by atoms with Crippen molar-refractivity contribution in [2.24, 2.45) is 0 Å². The molecule has 0 saturated carbocycles. The van der Waals surface area contributed by atoms with Gasteiger partial charge in [-0.2, -0.15) is 11.8 Å². The van der Waals surface area contributed by atoms with Crippen LogP contribution in [0.4, 0.5) is 5.13 Å². The minimum atomic E-state index is -0.767. The molecule has 0 aromatic carbocycles. The molecule has 2 heterocycles. The summed E-state index contributed by atoms with van der Waals surface area (Å²) in [6, 6.07) is 0.521. The highest BCUT2D eigenvalue weighted by atomic mass is 32.2. The number of carbonyl (C=O) groups is 1. The van der Waals surface area contributed by atoms with Crippen LogP contribution in [-0.4, -0.2) is 33.6 Å². The number of aliphatic carboxylic acids is 1. The van der Waals surface area contributed by atoms with E-state index in [4.69, 9.17) is 5.11 Å². The normalized spacial score (nSPS) is 20.1. The third-order valence-electron chi connectivity index (χ3n) is 2.63. The van der Waals surface area contributed by atoms with E-state index >= 15 is 0 Å². The summed E-state index contributed by atoms with van der Waals surface area (Å²) in [7, 11) is 0. The maximum Gasteiger partial charge on any atom is 0.303 e. The van der Waals surface area contributed by atoms with E-state index < -0.39 is 5.97 Å². The van der Waals surface area contributed by atoms with Crippen LogP contribution in [0.1, 0.15) is 25.0 Å². The second-order valence-corrected chi connectivity index (χ2v) is 6.10. The Bertz CT molecular complexity index is 375. The maximum atomic E-state index is 10.5. The van der Waals surface area contributed by atoms with Gasteiger partial charge in [-0.15, -0.1) is 11.3 Å². The molecule has 0 bridgehead atoms. The fraction of sp³-hybridized carbons (Fsp3) is 0.636. The quantitative estimate of drug-likeness (QED) is 0.862. The van der Waals surface area contributed by atoms with Crippen LogP contribution in [0.2, 0.25) is 0 Å². The number of aryl methyl sites for hydroxylation is 1. The molecule has 1 aromatic rings. The maximum absolute atomic E-state index is 10.5. The number of carboxylic acids is 1. The Morgan fingerprint density at radius 3 is 3.24 bits per heavy atom. The molecule has 0 aliphatic carbocycles. The third kappa shape index (κ3) is 4.20. The molecule has 1 aliphatic heterocycles. The lowest BCUT2D eigenvalue weighted by Crippen LogP contribution is -2.25. The largest absolute Gasteiger partial charge is 0.481 e. The molecule has 1 saturated heterocycles. The summed E-state index contributed by atoms with van der Waals surface area (Å²) >= 11 is 3.55. The Morgan fingerprint density at radius 2 is 2.53 bits per heavy atom. The van der Waals surface area contributed by atoms with E-state index in [0.717, 1.165) is 16.6 Å². The van der Waals surface area contributed by atoms with E-state index in [1.54, 1.807) is 11.3 Å². The van der Waals surface area contributed by atoms with E-state index in [0.29, 0.717) is 12.5 Å². The van der Waals surface area contributed by atoms with Crippen LogP contribution in [0.15, 0.2) is 5.38 Å². The summed E-state index contributed by atoms with van der Waals surface area (Å²) in [4.78, 5) is 14.9. The second-order valence-electron chi connectivity index (χ2n) is 4.10. The number of carboxylic acid groups (broad SMARTS) is 1. The number of nitrogens with one attached hydrogen (secondary N) is 1. The van der Waals surface area contributed by atoms with Gasteiger partial charge in [-0.05, 0) is 18.6 Å². The van der Waals surface area contributed by atoms with Gasteiger partial charge in [0.05, 0.1) is 12.1 Å². The van der Waals surface area contributed by atoms with Gasteiger partial charge in [0, 0.05) is 23.6 Å². The van der Waals surface area contributed by atoms with Gasteiger partial charge < -0.3 is 10.4 Å². The number of rotatable bonds is 5. The number of thioether (sulfide) groups is 1. The first-order chi connectivity index (χ1) is 8.24. The molecular weight excluding hydrogens is 256 g/mol. The minimum Gasteiger partial charge on any atom is -0.481 e. The molecule has 2 N–H and O–H groups in total. The number of aromatic nitrogens is 1. The molecule has 94 valence electrons. The van der Waals surface area contributed by atoms with E-state index in [1.807, 2.05) is 17.1 Å². The monoisotopic (exact) mass is 272 g/mol. The molecule has 1 unspecified atom stereocenters. The average Bonchev–Trinajstić information content (AvgIpc) is 2.75. The molecule has 1 atom stereocenters. The average molecular weight is 272 g/mol. The smallest absolute Gasteiger partial charge is 0.303 e. The predicted molar refractivity (Wildman–Crippen MR) is 72.0 cm³/mol. The zero-order valence-electron chi connectivity index (χ0n) is 9.52. The van der Waals surface area contributed by atoms with Crippen molar-refractivity contribution in [1.29, 1.82) is 0 Å². The van der Waals surface area contributed by atoms with Crippen LogP contribution in [0.5, 0.6) is 0 Å². The number of hydrogen-bond donors (Lipinski definition) is 2. The molecule has 0 spiro atoms. The zero-order chi connectivity index (χ0) is 12.1. The fourth-order valence-electron chi connectivity index (χ4n) is 1.75. The van der Waals surface area contributed by atoms with Crippen molar-refractivity contribution in [2.45, 2.75) is 31.7 Å². The summed E-state index contributed by atoms with van der Waals surface area (Å²) in [6.07, 6.45) is 3.14. The Balaban J connectivity index is 1.82. The van der Waals surface area contributed by atoms with Crippen molar-refractivity contribution in [2.75, 3.05) is 16.8 Å². The van der Waals surface area contributed by atoms with Crippen LogP contribution < -0.4 is 5.32 Å². The highest BCUT2D eigenvalue weighted by molar-refractivity contribution is 7.99. The standard InChI is InChI=1S/C11H16N2O2S2/c14-10(15)4-3-9-7-17-11(13-9)12-8-2-1-5-16-6-8/h7-8H,1-6H2,(H,12,13)(H,14,15). The van der Waals surface area contributed by atoms with Crippen molar-refractivity contribution < 1.29 is 9.90 Å². The van der Waals surface area contributed by atoms with Gasteiger partial charge in [0.25, 0.3) is 0 Å². The zero-order valence-corrected chi connectivity index (χ0v) is 11.1. The van der Waals surface area contributed by atoms with Gasteiger partial charge in [-0.1, -0.05) is 0 Å². The number of anilines is 1. The Kier molecular flexibility index (Phi) is 4.67. The molecule has 1 aliphatic rings. The van der Waals surface area contributed by atoms with Crippen molar-refractivity contribution in [1.82, 2.24) is 4.98 Å². The van der Waals surface area contributed by atoms with E-state index in [2.05, 4.69) is 10.3 Å². The lowest BCUT2D eigenvalue weighted by molar-refractivity contribution is -0.136. The molecule has 0 amide bonds. The van der Waals surface area contributed by atoms with E-state index in [1.165, 1.54) is 18.6 Å². The van der Waals surface area contributed by atoms with Crippen molar-refractivity contribution >= 4 is 34.2 Å². The van der Waals surface area contributed by atoms with Crippen LogP contribution in [0.25, 0.3) is 0 Å². The van der Waals surface area contributed by atoms with Crippen LogP contribution in [-0.2, 0) is 11.2 Å². The summed E-state index contributed by atoms with van der Waals surface area (Å²) in [5.74, 6) is 1.64. The van der Waals surface area contributed by atoms with E-state index in [-0.39, 0.29) is 6.42 Å². The topological polar surface area (TPSA) is 62.2 Å². The first-order valence-electron chi connectivity index (χ1n) is 5.74. The lowest BCUT2D eigenvalue weighted by Gasteiger charge is -2.21. The molecule has 2 rings (SSSR count). The molecule has 6 heteroatoms. The Morgan fingerprint density at radius 1 is 1.65 bits per heavy atom. The van der Waals surface area contributed by atoms with Crippen LogP contribution in [0, 0.1) is 0 Å². The Labute approximate surface area is 109 Å². The van der Waals surface area contributed by atoms with Crippen molar-refractivity contribution in [3.63, 3.8) is 0 Å². The summed E-state index contributed by atoms with van der Waals surface area (Å²) in [5.41, 5.74) is 0.878. The molecule has 4 nitrogen and oxygen atoms in total. The van der Waals surface area contributed by atoms with Gasteiger partial charge in [-0.25, -0.2) is 4.98 Å². The molecule has 1 fully saturated rings. The fourth-order valence-corrected chi connectivity index (χ4v) is 3.65. The van der Waals surface area contributed by atoms with E-state index in [9.17, 15) is 4.79 Å². The number of hydrogen-bond acceptors (Lipinski definition) is 5. The summed E-state index contributed by atoms with van der Waals surface area (Å²) < 4.78 is 0. The SMILES string of the molecule is O=C(O)CCc1csc(NC2CCCSC2)n1. The molecular formula is C11H16N2O2S2. The number of nitrogens with zero attached hydrogens (tertiary/aromatic N) is 1. The summed E-state index contributed by atoms with van der Waals surface area (Å²) in [6.45, 7) is 0. The third-order valence-corrected chi connectivity index (χ3v) is 4.67. The van der Waals surface area contributed by atoms with Gasteiger partial charge in [0.15, 0.2) is 5.13 Å². The van der Waals surface area contributed by atoms with Crippen molar-refractivity contribution in [3.8, 4) is 0 Å². The summed E-state index contributed by atoms with van der Waals surface area (Å²) in [5, 5.41) is 14.9. The van der Waals surface area contributed by atoms with Gasteiger partial charge in [0.2, 0.25) is 0 Å². The minimum absolute atomic E-state index is 0.155. The predicted octanol–water partition coefficient (Wildman–Crippen LogP) is 2.47. The molecule has 17 heavy (non-hydrogen) atoms. The van der Waals surface area contributed by atoms with Crippen molar-refractivity contribution in [3.05, 3.63) is 11.1 Å². The molecule has 1 aromatic heterocycles. The highest BCUT2D eigenvalue weighted by Gasteiger charge is 2.14. The van der Waals surface area contributed by atoms with Crippen LogP contribution in [0.3, 0.4) is 0 Å². The number of thiazole rings is 1. The first kappa shape index (κ1) is 12.7. The van der Waals surface area contributed by atoms with Gasteiger partial charge in [-0.3, -0.25) is 4.79 Å². The Hall–Kier alpha value is -0.750.